The zero-order valence-electron chi connectivity index (χ0n) is 13.4. The second-order valence-electron chi connectivity index (χ2n) is 5.21. The first-order valence-electron chi connectivity index (χ1n) is 7.67. The van der Waals surface area contributed by atoms with Crippen LogP contribution in [0.5, 0.6) is 0 Å². The summed E-state index contributed by atoms with van der Waals surface area (Å²) in [7, 11) is -1.55. The predicted octanol–water partition coefficient (Wildman–Crippen LogP) is 2.50. The topological polar surface area (TPSA) is 55.4 Å². The molecule has 2 aromatic carbocycles. The molecule has 0 bridgehead atoms. The van der Waals surface area contributed by atoms with E-state index in [2.05, 4.69) is 5.32 Å². The number of carbonyl (C=O) groups is 1. The molecule has 0 saturated heterocycles. The molecule has 1 atom stereocenters. The van der Waals surface area contributed by atoms with Crippen molar-refractivity contribution < 1.29 is 13.9 Å². The lowest BCUT2D eigenvalue weighted by molar-refractivity contribution is -0.122. The van der Waals surface area contributed by atoms with Crippen molar-refractivity contribution in [2.45, 2.75) is 19.4 Å². The van der Waals surface area contributed by atoms with Gasteiger partial charge >= 0.3 is 0 Å². The number of hydrogen-bond acceptors (Lipinski definition) is 4. The molecule has 0 aliphatic rings. The molecular weight excluding hydrogens is 309 g/mol. The summed E-state index contributed by atoms with van der Waals surface area (Å²) < 4.78 is 19.2. The van der Waals surface area contributed by atoms with Crippen LogP contribution in [-0.4, -0.2) is 25.5 Å². The Balaban J connectivity index is 2.29. The van der Waals surface area contributed by atoms with Gasteiger partial charge in [0.1, 0.15) is 6.61 Å². The third-order valence-electron chi connectivity index (χ3n) is 3.73. The second-order valence-corrected chi connectivity index (χ2v) is 7.61. The van der Waals surface area contributed by atoms with Crippen molar-refractivity contribution in [2.24, 2.45) is 0 Å². The maximum atomic E-state index is 13.5. The normalized spacial score (nSPS) is 12.8. The standard InChI is InChI=1S/C18H22NO3P/c1-3-17(19-2)18(20)14-22-23(21,15-10-6-4-7-11-15)16-12-8-5-9-13-16/h4-13,17,19H,3,14H2,1-2H3. The van der Waals surface area contributed by atoms with Gasteiger partial charge in [-0.2, -0.15) is 0 Å². The fourth-order valence-electron chi connectivity index (χ4n) is 2.39. The van der Waals surface area contributed by atoms with E-state index in [0.717, 1.165) is 0 Å². The summed E-state index contributed by atoms with van der Waals surface area (Å²) in [6.07, 6.45) is 0.666. The quantitative estimate of drug-likeness (QED) is 0.755. The van der Waals surface area contributed by atoms with Crippen LogP contribution in [0.4, 0.5) is 0 Å². The van der Waals surface area contributed by atoms with Crippen molar-refractivity contribution in [3.63, 3.8) is 0 Å². The van der Waals surface area contributed by atoms with E-state index < -0.39 is 7.37 Å². The number of hydrogen-bond donors (Lipinski definition) is 1. The average molecular weight is 331 g/mol. The van der Waals surface area contributed by atoms with Crippen LogP contribution in [0.1, 0.15) is 13.3 Å². The van der Waals surface area contributed by atoms with Gasteiger partial charge in [0, 0.05) is 10.6 Å². The van der Waals surface area contributed by atoms with Gasteiger partial charge in [-0.3, -0.25) is 9.36 Å². The third-order valence-corrected chi connectivity index (χ3v) is 6.17. The largest absolute Gasteiger partial charge is 0.314 e. The van der Waals surface area contributed by atoms with Crippen LogP contribution in [0.25, 0.3) is 0 Å². The van der Waals surface area contributed by atoms with Gasteiger partial charge in [0.05, 0.1) is 6.04 Å². The van der Waals surface area contributed by atoms with Gasteiger partial charge in [-0.05, 0) is 37.7 Å². The van der Waals surface area contributed by atoms with E-state index in [0.29, 0.717) is 17.0 Å². The van der Waals surface area contributed by atoms with E-state index >= 15 is 0 Å². The number of carbonyl (C=O) groups excluding carboxylic acids is 1. The van der Waals surface area contributed by atoms with Crippen LogP contribution in [0.3, 0.4) is 0 Å². The molecule has 0 fully saturated rings. The Morgan fingerprint density at radius 2 is 1.52 bits per heavy atom. The molecule has 0 aliphatic carbocycles. The minimum Gasteiger partial charge on any atom is -0.314 e. The van der Waals surface area contributed by atoms with Crippen LogP contribution >= 0.6 is 7.37 Å². The minimum absolute atomic E-state index is 0.0953. The zero-order valence-corrected chi connectivity index (χ0v) is 14.3. The highest BCUT2D eigenvalue weighted by atomic mass is 31.2. The monoisotopic (exact) mass is 331 g/mol. The van der Waals surface area contributed by atoms with Crippen LogP contribution < -0.4 is 15.9 Å². The highest BCUT2D eigenvalue weighted by Crippen LogP contribution is 2.44. The lowest BCUT2D eigenvalue weighted by Crippen LogP contribution is -2.36. The van der Waals surface area contributed by atoms with Gasteiger partial charge in [-0.25, -0.2) is 0 Å². The molecule has 5 heteroatoms. The van der Waals surface area contributed by atoms with Crippen molar-refractivity contribution in [3.05, 3.63) is 60.7 Å². The van der Waals surface area contributed by atoms with Crippen LogP contribution in [-0.2, 0) is 13.9 Å². The number of likely N-dealkylation sites (N-methyl/N-ethyl adjacent to an activating group) is 1. The summed E-state index contributed by atoms with van der Waals surface area (Å²) in [5.41, 5.74) is 0. The summed E-state index contributed by atoms with van der Waals surface area (Å²) in [4.78, 5) is 12.2. The van der Waals surface area contributed by atoms with E-state index in [9.17, 15) is 9.36 Å². The lowest BCUT2D eigenvalue weighted by atomic mass is 10.1. The van der Waals surface area contributed by atoms with E-state index in [1.165, 1.54) is 0 Å². The molecule has 1 unspecified atom stereocenters. The Bertz CT molecular complexity index is 626. The van der Waals surface area contributed by atoms with Gasteiger partial charge in [0.15, 0.2) is 5.78 Å². The molecular formula is C18H22NO3P. The van der Waals surface area contributed by atoms with Crippen molar-refractivity contribution in [1.29, 1.82) is 0 Å². The third kappa shape index (κ3) is 4.17. The minimum atomic E-state index is -3.29. The van der Waals surface area contributed by atoms with Crippen LogP contribution in [0.2, 0.25) is 0 Å². The first-order valence-corrected chi connectivity index (χ1v) is 9.30. The summed E-state index contributed by atoms with van der Waals surface area (Å²) in [5, 5.41) is 4.14. The molecule has 0 aliphatic heterocycles. The average Bonchev–Trinajstić information content (AvgIpc) is 2.62. The molecule has 122 valence electrons. The number of rotatable bonds is 8. The Morgan fingerprint density at radius 3 is 1.91 bits per heavy atom. The lowest BCUT2D eigenvalue weighted by Gasteiger charge is -2.20. The SMILES string of the molecule is CCC(NC)C(=O)COP(=O)(c1ccccc1)c1ccccc1. The highest BCUT2D eigenvalue weighted by molar-refractivity contribution is 7.74. The summed E-state index contributed by atoms with van der Waals surface area (Å²) in [5.74, 6) is -0.0953. The second kappa shape index (κ2) is 8.21. The molecule has 2 aromatic rings. The Labute approximate surface area is 137 Å². The van der Waals surface area contributed by atoms with E-state index in [4.69, 9.17) is 4.52 Å². The predicted molar refractivity (Wildman–Crippen MR) is 93.9 cm³/mol. The van der Waals surface area contributed by atoms with Gasteiger partial charge in [-0.15, -0.1) is 0 Å². The maximum absolute atomic E-state index is 13.5. The molecule has 0 radical (unpaired) electrons. The summed E-state index contributed by atoms with van der Waals surface area (Å²) in [6, 6.07) is 17.8. The molecule has 0 spiro atoms. The first-order chi connectivity index (χ1) is 11.1. The summed E-state index contributed by atoms with van der Waals surface area (Å²) >= 11 is 0. The zero-order chi connectivity index (χ0) is 16.7. The Hall–Kier alpha value is -1.74. The van der Waals surface area contributed by atoms with Gasteiger partial charge in [-0.1, -0.05) is 43.3 Å². The Morgan fingerprint density at radius 1 is 1.04 bits per heavy atom. The van der Waals surface area contributed by atoms with Crippen molar-refractivity contribution in [1.82, 2.24) is 5.32 Å². The molecule has 4 nitrogen and oxygen atoms in total. The number of ketones is 1. The fraction of sp³-hybridized carbons (Fsp3) is 0.278. The maximum Gasteiger partial charge on any atom is 0.261 e. The van der Waals surface area contributed by atoms with Crippen LogP contribution in [0.15, 0.2) is 60.7 Å². The molecule has 2 rings (SSSR count). The fourth-order valence-corrected chi connectivity index (χ4v) is 4.43. The molecule has 1 N–H and O–H groups in total. The molecule has 0 aromatic heterocycles. The molecule has 0 amide bonds. The van der Waals surface area contributed by atoms with Crippen LogP contribution in [0, 0.1) is 0 Å². The van der Waals surface area contributed by atoms with Gasteiger partial charge in [0.25, 0.3) is 7.37 Å². The highest BCUT2D eigenvalue weighted by Gasteiger charge is 2.30. The summed E-state index contributed by atoms with van der Waals surface area (Å²) in [6.45, 7) is 1.74. The molecule has 0 saturated carbocycles. The van der Waals surface area contributed by atoms with E-state index in [-0.39, 0.29) is 18.4 Å². The smallest absolute Gasteiger partial charge is 0.261 e. The Kier molecular flexibility index (Phi) is 6.28. The van der Waals surface area contributed by atoms with Gasteiger partial charge < -0.3 is 9.84 Å². The van der Waals surface area contributed by atoms with Gasteiger partial charge in [0.2, 0.25) is 0 Å². The van der Waals surface area contributed by atoms with Crippen molar-refractivity contribution >= 4 is 23.8 Å². The number of benzene rings is 2. The van der Waals surface area contributed by atoms with Crippen molar-refractivity contribution in [2.75, 3.05) is 13.7 Å². The van der Waals surface area contributed by atoms with Crippen molar-refractivity contribution in [3.8, 4) is 0 Å². The first kappa shape index (κ1) is 17.6. The molecule has 23 heavy (non-hydrogen) atoms. The van der Waals surface area contributed by atoms with E-state index in [1.807, 2.05) is 43.3 Å². The number of nitrogens with one attached hydrogen (secondary N) is 1. The van der Waals surface area contributed by atoms with E-state index in [1.54, 1.807) is 31.3 Å². The molecule has 0 heterocycles. The number of Topliss-reactive ketones (excluding diaryl/α,β-unsaturated/α-hetero) is 1.